The first kappa shape index (κ1) is 60.9. The van der Waals surface area contributed by atoms with E-state index in [4.69, 9.17) is 43.4 Å². The van der Waals surface area contributed by atoms with Crippen LogP contribution in [0.25, 0.3) is 10.4 Å². The SMILES string of the molecule is CC(=O)N[C@H]1[C@H]([C@H](O)[C@H](O)CO)O[C@@](OC[C@H]2O[C@@H](O[C@H]3[C@H](O)[C@@H](O)[C@H](OCCCCCCN=[N+]=[N-])O[C@@H]3CO)[C@H](O)[C@@H](O[C@]3(C(=O)O)C[C@H](O)[C@@H](NC(C)=O)[C@H]([C@H](O)[C@H](O)CO)O3)[C@H]2O)(C(=O)O)C[C@@H]1O. The molecule has 0 unspecified atom stereocenters. The average Bonchev–Trinajstić information content (AvgIpc) is 3.33. The molecule has 0 aromatic carbocycles. The summed E-state index contributed by atoms with van der Waals surface area (Å²) in [4.78, 5) is 53.0. The molecule has 72 heavy (non-hydrogen) atoms. The van der Waals surface area contributed by atoms with Crippen molar-refractivity contribution >= 4 is 23.8 Å². The fourth-order valence-corrected chi connectivity index (χ4v) is 8.65. The summed E-state index contributed by atoms with van der Waals surface area (Å²) in [6.07, 6.45) is -37.8. The summed E-state index contributed by atoms with van der Waals surface area (Å²) in [7, 11) is 0. The Morgan fingerprint density at radius 2 is 1.21 bits per heavy atom. The third kappa shape index (κ3) is 14.6. The van der Waals surface area contributed by atoms with Crippen LogP contribution in [-0.4, -0.2) is 274 Å². The van der Waals surface area contributed by atoms with Crippen LogP contribution in [0, 0.1) is 0 Å². The lowest BCUT2D eigenvalue weighted by molar-refractivity contribution is -0.391. The Kier molecular flexibility index (Phi) is 23.0. The predicted octanol–water partition coefficient (Wildman–Crippen LogP) is -8.15. The van der Waals surface area contributed by atoms with Crippen molar-refractivity contribution in [2.75, 3.05) is 39.6 Å². The largest absolute Gasteiger partial charge is 0.477 e. The van der Waals surface area contributed by atoms with E-state index in [2.05, 4.69) is 20.7 Å². The lowest BCUT2D eigenvalue weighted by Gasteiger charge is -2.51. The monoisotopic (exact) mass is 1050 g/mol. The second-order valence-corrected chi connectivity index (χ2v) is 17.7. The van der Waals surface area contributed by atoms with Gasteiger partial charge in [0.05, 0.1) is 50.7 Å². The van der Waals surface area contributed by atoms with E-state index < -0.39 is 197 Å². The molecule has 22 atom stereocenters. The maximum atomic E-state index is 13.2. The van der Waals surface area contributed by atoms with Crippen LogP contribution in [0.4, 0.5) is 0 Å². The van der Waals surface area contributed by atoms with Gasteiger partial charge in [-0.05, 0) is 18.4 Å². The Balaban J connectivity index is 1.72. The Labute approximate surface area is 409 Å². The number of hydrogen-bond acceptors (Lipinski definition) is 26. The number of carboxylic acid groups (broad SMARTS) is 2. The van der Waals surface area contributed by atoms with Crippen LogP contribution in [-0.2, 0) is 57.1 Å². The van der Waals surface area contributed by atoms with Gasteiger partial charge in [-0.2, -0.15) is 0 Å². The molecule has 4 aliphatic heterocycles. The van der Waals surface area contributed by atoms with Crippen LogP contribution >= 0.6 is 0 Å². The summed E-state index contributed by atoms with van der Waals surface area (Å²) in [6.45, 7) is -2.31. The number of azide groups is 1. The van der Waals surface area contributed by atoms with Crippen molar-refractivity contribution in [1.29, 1.82) is 0 Å². The van der Waals surface area contributed by atoms with Crippen LogP contribution in [0.5, 0.6) is 0 Å². The third-order valence-corrected chi connectivity index (χ3v) is 12.4. The second-order valence-electron chi connectivity index (χ2n) is 17.7. The van der Waals surface area contributed by atoms with Crippen molar-refractivity contribution < 1.29 is 134 Å². The van der Waals surface area contributed by atoms with Crippen molar-refractivity contribution in [3.8, 4) is 0 Å². The Morgan fingerprint density at radius 1 is 0.694 bits per heavy atom. The van der Waals surface area contributed by atoms with Gasteiger partial charge in [-0.25, -0.2) is 9.59 Å². The number of nitrogens with zero attached hydrogens (tertiary/aromatic N) is 3. The fourth-order valence-electron chi connectivity index (χ4n) is 8.65. The number of carbonyl (C=O) groups is 4. The van der Waals surface area contributed by atoms with E-state index in [1.165, 1.54) is 0 Å². The first-order chi connectivity index (χ1) is 33.9. The number of rotatable bonds is 26. The van der Waals surface area contributed by atoms with Gasteiger partial charge in [-0.1, -0.05) is 18.0 Å². The summed E-state index contributed by atoms with van der Waals surface area (Å²) >= 11 is 0. The Bertz CT molecular complexity index is 1820. The number of aliphatic carboxylic acids is 2. The normalized spacial score (nSPS) is 38.9. The van der Waals surface area contributed by atoms with Gasteiger partial charge >= 0.3 is 11.9 Å². The molecule has 0 aliphatic carbocycles. The van der Waals surface area contributed by atoms with E-state index in [0.717, 1.165) is 13.8 Å². The molecule has 4 aliphatic rings. The minimum atomic E-state index is -3.30. The minimum Gasteiger partial charge on any atom is -0.477 e. The number of carbonyl (C=O) groups excluding carboxylic acids is 2. The Hall–Kier alpha value is -3.65. The lowest BCUT2D eigenvalue weighted by atomic mass is 9.88. The molecule has 4 saturated heterocycles. The number of hydrogen-bond donors (Lipinski definition) is 17. The van der Waals surface area contributed by atoms with E-state index in [1.54, 1.807) is 0 Å². The summed E-state index contributed by atoms with van der Waals surface area (Å²) in [5.41, 5.74) is 8.43. The van der Waals surface area contributed by atoms with Crippen molar-refractivity contribution in [3.63, 3.8) is 0 Å². The molecule has 4 heterocycles. The number of carboxylic acids is 2. The highest BCUT2D eigenvalue weighted by Gasteiger charge is 2.61. The summed E-state index contributed by atoms with van der Waals surface area (Å²) < 4.78 is 45.7. The zero-order valence-corrected chi connectivity index (χ0v) is 39.0. The topological polar surface area (TPSA) is 518 Å². The number of aliphatic hydroxyl groups excluding tert-OH is 13. The highest BCUT2D eigenvalue weighted by Crippen LogP contribution is 2.40. The van der Waals surface area contributed by atoms with E-state index in [9.17, 15) is 95.8 Å². The first-order valence-corrected chi connectivity index (χ1v) is 22.8. The molecule has 0 aromatic heterocycles. The molecule has 0 bridgehead atoms. The third-order valence-electron chi connectivity index (χ3n) is 12.4. The lowest BCUT2D eigenvalue weighted by Crippen LogP contribution is -2.71. The fraction of sp³-hybridized carbons (Fsp3) is 0.900. The molecule has 17 N–H and O–H groups in total. The zero-order valence-electron chi connectivity index (χ0n) is 39.0. The number of unbranched alkanes of at least 4 members (excludes halogenated alkanes) is 3. The van der Waals surface area contributed by atoms with Gasteiger partial charge in [-0.15, -0.1) is 0 Å². The maximum absolute atomic E-state index is 13.2. The van der Waals surface area contributed by atoms with Gasteiger partial charge in [0.25, 0.3) is 11.6 Å². The van der Waals surface area contributed by atoms with Crippen molar-refractivity contribution in [3.05, 3.63) is 10.4 Å². The van der Waals surface area contributed by atoms with Gasteiger partial charge in [-0.3, -0.25) is 9.59 Å². The second kappa shape index (κ2) is 27.2. The Morgan fingerprint density at radius 3 is 1.71 bits per heavy atom. The molecule has 0 aromatic rings. The number of nitrogens with one attached hydrogen (secondary N) is 2. The minimum absolute atomic E-state index is 0.0264. The molecule has 0 saturated carbocycles. The van der Waals surface area contributed by atoms with Crippen LogP contribution < -0.4 is 10.6 Å². The van der Waals surface area contributed by atoms with Crippen molar-refractivity contribution in [1.82, 2.24) is 10.6 Å². The smallest absolute Gasteiger partial charge is 0.364 e. The van der Waals surface area contributed by atoms with E-state index in [-0.39, 0.29) is 13.2 Å². The highest BCUT2D eigenvalue weighted by molar-refractivity contribution is 5.77. The van der Waals surface area contributed by atoms with Crippen LogP contribution in [0.15, 0.2) is 5.11 Å². The molecule has 414 valence electrons. The number of ether oxygens (including phenoxy) is 8. The van der Waals surface area contributed by atoms with Gasteiger partial charge in [0.1, 0.15) is 85.5 Å². The summed E-state index contributed by atoms with van der Waals surface area (Å²) in [5.74, 6) is -12.2. The highest BCUT2D eigenvalue weighted by atomic mass is 16.8. The summed E-state index contributed by atoms with van der Waals surface area (Å²) in [6, 6.07) is -3.36. The van der Waals surface area contributed by atoms with E-state index in [0.29, 0.717) is 25.7 Å². The van der Waals surface area contributed by atoms with Gasteiger partial charge in [0, 0.05) is 44.8 Å². The molecular weight excluding hydrogens is 982 g/mol. The standard InChI is InChI=1S/C40H67N5O27/c1-15(49)43-23-17(51)9-39(37(61)62,70-32(23)25(55)19(53)11-46)66-14-22-27(57)34(72-40(38(63)64)10-18(52)24(44-16(2)50)33(71-40)26(56)20(54)12-47)30(60)36(68-22)69-31-21(13-48)67-35(29(59)28(31)58)65-8-6-4-3-5-7-42-45-41/h17-36,46-48,51-60H,3-14H2,1-2H3,(H,43,49)(H,44,50)(H,61,62)(H,63,64)/t17-,18-,19+,20+,21+,22+,23+,24+,25+,26+,27-,28+,29+,30+,31+,32+,33+,34-,35+,36-,39+,40-/m0/s1. The zero-order chi connectivity index (χ0) is 53.8. The summed E-state index contributed by atoms with van der Waals surface area (Å²) in [5, 5.41) is 169. The quantitative estimate of drug-likeness (QED) is 0.0166. The van der Waals surface area contributed by atoms with Gasteiger partial charge in [0.2, 0.25) is 11.8 Å². The first-order valence-electron chi connectivity index (χ1n) is 22.8. The number of aliphatic hydroxyl groups is 13. The molecule has 32 nitrogen and oxygen atoms in total. The predicted molar refractivity (Wildman–Crippen MR) is 228 cm³/mol. The van der Waals surface area contributed by atoms with E-state index in [1.807, 2.05) is 0 Å². The number of amides is 2. The molecule has 2 amide bonds. The molecule has 0 spiro atoms. The van der Waals surface area contributed by atoms with Gasteiger partial charge in [0.15, 0.2) is 12.6 Å². The van der Waals surface area contributed by atoms with Crippen molar-refractivity contribution in [2.24, 2.45) is 5.11 Å². The average molecular weight is 1050 g/mol. The van der Waals surface area contributed by atoms with Crippen LogP contribution in [0.2, 0.25) is 0 Å². The molecule has 4 rings (SSSR count). The molecular formula is C40H67N5O27. The van der Waals surface area contributed by atoms with Gasteiger partial charge < -0.3 is 125 Å². The molecule has 0 radical (unpaired) electrons. The van der Waals surface area contributed by atoms with Crippen LogP contribution in [0.1, 0.15) is 52.4 Å². The maximum Gasteiger partial charge on any atom is 0.364 e. The van der Waals surface area contributed by atoms with Crippen molar-refractivity contribution in [2.45, 2.75) is 186 Å². The molecule has 4 fully saturated rings. The van der Waals surface area contributed by atoms with Crippen LogP contribution in [0.3, 0.4) is 0 Å². The molecule has 32 heteroatoms. The van der Waals surface area contributed by atoms with E-state index >= 15 is 0 Å².